The lowest BCUT2D eigenvalue weighted by atomic mass is 10.0. The number of halogens is 1. The molecule has 118 valence electrons. The van der Waals surface area contributed by atoms with Crippen molar-refractivity contribution in [2.24, 2.45) is 0 Å². The van der Waals surface area contributed by atoms with E-state index in [9.17, 15) is 4.79 Å². The molecule has 0 aliphatic heterocycles. The highest BCUT2D eigenvalue weighted by atomic mass is 35.5. The topological polar surface area (TPSA) is 42.2 Å². The lowest BCUT2D eigenvalue weighted by Gasteiger charge is -2.09. The zero-order valence-electron chi connectivity index (χ0n) is 13.4. The lowest BCUT2D eigenvalue weighted by Crippen LogP contribution is -2.15. The molecule has 0 unspecified atom stereocenters. The second kappa shape index (κ2) is 6.09. The van der Waals surface area contributed by atoms with Crippen LogP contribution < -0.4 is 5.32 Å². The largest absolute Gasteiger partial charge is 0.464 e. The normalized spacial score (nSPS) is 11.0. The van der Waals surface area contributed by atoms with E-state index in [4.69, 9.17) is 16.0 Å². The van der Waals surface area contributed by atoms with E-state index < -0.39 is 0 Å². The summed E-state index contributed by atoms with van der Waals surface area (Å²) in [7, 11) is 0. The summed E-state index contributed by atoms with van der Waals surface area (Å²) >= 11 is 6.08. The number of hydrogen-bond donors (Lipinski definition) is 1. The highest BCUT2D eigenvalue weighted by molar-refractivity contribution is 6.31. The first kappa shape index (κ1) is 15.6. The van der Waals surface area contributed by atoms with Gasteiger partial charge in [-0.3, -0.25) is 4.79 Å². The first-order chi connectivity index (χ1) is 11.0. The Kier molecular flexibility index (Phi) is 4.14. The maximum atomic E-state index is 12.3. The number of furan rings is 1. The van der Waals surface area contributed by atoms with Crippen LogP contribution in [-0.4, -0.2) is 5.91 Å². The minimum atomic E-state index is -0.0868. The molecule has 0 aliphatic carbocycles. The van der Waals surface area contributed by atoms with Gasteiger partial charge in [-0.1, -0.05) is 29.8 Å². The molecule has 1 heterocycles. The van der Waals surface area contributed by atoms with E-state index in [0.717, 1.165) is 33.3 Å². The van der Waals surface area contributed by atoms with Crippen molar-refractivity contribution in [3.05, 3.63) is 63.9 Å². The highest BCUT2D eigenvalue weighted by Crippen LogP contribution is 2.27. The summed E-state index contributed by atoms with van der Waals surface area (Å²) < 4.78 is 5.65. The summed E-state index contributed by atoms with van der Waals surface area (Å²) in [6.45, 7) is 5.96. The van der Waals surface area contributed by atoms with Crippen LogP contribution in [0.4, 0.5) is 5.69 Å². The maximum absolute atomic E-state index is 12.3. The van der Waals surface area contributed by atoms with Crippen molar-refractivity contribution in [1.29, 1.82) is 0 Å². The Labute approximate surface area is 140 Å². The van der Waals surface area contributed by atoms with Gasteiger partial charge in [-0.2, -0.15) is 0 Å². The molecule has 0 saturated carbocycles. The molecule has 0 fully saturated rings. The number of carbonyl (C=O) groups excluding carboxylic acids is 1. The molecule has 3 nitrogen and oxygen atoms in total. The standard InChI is InChI=1S/C19H18ClNO2/c1-11-7-8-15-14(10-23-19(15)12(11)2)9-18(22)21-17-6-4-5-16(20)13(17)3/h4-8,10H,9H2,1-3H3,(H,21,22). The van der Waals surface area contributed by atoms with E-state index in [1.807, 2.05) is 39.0 Å². The highest BCUT2D eigenvalue weighted by Gasteiger charge is 2.14. The van der Waals surface area contributed by atoms with Gasteiger partial charge in [0.25, 0.3) is 0 Å². The van der Waals surface area contributed by atoms with Gasteiger partial charge in [0.1, 0.15) is 5.58 Å². The number of anilines is 1. The average molecular weight is 328 g/mol. The van der Waals surface area contributed by atoms with Gasteiger partial charge in [0.15, 0.2) is 0 Å². The van der Waals surface area contributed by atoms with Gasteiger partial charge in [-0.05, 0) is 49.6 Å². The molecule has 0 radical (unpaired) electrons. The lowest BCUT2D eigenvalue weighted by molar-refractivity contribution is -0.115. The van der Waals surface area contributed by atoms with E-state index in [0.29, 0.717) is 5.02 Å². The Morgan fingerprint density at radius 3 is 2.70 bits per heavy atom. The predicted octanol–water partition coefficient (Wildman–Crippen LogP) is 5.19. The molecule has 1 amide bonds. The SMILES string of the molecule is Cc1ccc2c(CC(=O)Nc3cccc(Cl)c3C)coc2c1C. The van der Waals surface area contributed by atoms with Crippen LogP contribution in [0.2, 0.25) is 5.02 Å². The summed E-state index contributed by atoms with van der Waals surface area (Å²) in [4.78, 5) is 12.3. The molecule has 0 saturated heterocycles. The van der Waals surface area contributed by atoms with E-state index in [2.05, 4.69) is 11.4 Å². The summed E-state index contributed by atoms with van der Waals surface area (Å²) in [6.07, 6.45) is 1.93. The summed E-state index contributed by atoms with van der Waals surface area (Å²) in [5, 5.41) is 4.55. The molecule has 4 heteroatoms. The maximum Gasteiger partial charge on any atom is 0.228 e. The molecule has 0 atom stereocenters. The van der Waals surface area contributed by atoms with Gasteiger partial charge in [0.05, 0.1) is 12.7 Å². The smallest absolute Gasteiger partial charge is 0.228 e. The van der Waals surface area contributed by atoms with Crippen LogP contribution in [0.5, 0.6) is 0 Å². The zero-order chi connectivity index (χ0) is 16.6. The monoisotopic (exact) mass is 327 g/mol. The summed E-state index contributed by atoms with van der Waals surface area (Å²) in [5.41, 5.74) is 5.64. The van der Waals surface area contributed by atoms with Crippen LogP contribution >= 0.6 is 11.6 Å². The minimum Gasteiger partial charge on any atom is -0.464 e. The van der Waals surface area contributed by atoms with Crippen LogP contribution in [-0.2, 0) is 11.2 Å². The van der Waals surface area contributed by atoms with Gasteiger partial charge >= 0.3 is 0 Å². The predicted molar refractivity (Wildman–Crippen MR) is 94.2 cm³/mol. The fourth-order valence-corrected chi connectivity index (χ4v) is 2.81. The van der Waals surface area contributed by atoms with Gasteiger partial charge in [0, 0.05) is 21.7 Å². The first-order valence-corrected chi connectivity index (χ1v) is 7.86. The van der Waals surface area contributed by atoms with Gasteiger partial charge in [-0.25, -0.2) is 0 Å². The number of aryl methyl sites for hydroxylation is 2. The van der Waals surface area contributed by atoms with Crippen molar-refractivity contribution >= 4 is 34.2 Å². The van der Waals surface area contributed by atoms with E-state index in [1.54, 1.807) is 12.3 Å². The average Bonchev–Trinajstić information content (AvgIpc) is 2.91. The second-order valence-electron chi connectivity index (χ2n) is 5.78. The third kappa shape index (κ3) is 2.97. The van der Waals surface area contributed by atoms with Crippen molar-refractivity contribution in [2.45, 2.75) is 27.2 Å². The molecular formula is C19H18ClNO2. The molecule has 1 N–H and O–H groups in total. The van der Waals surface area contributed by atoms with Crippen LogP contribution in [0.3, 0.4) is 0 Å². The summed E-state index contributed by atoms with van der Waals surface area (Å²) in [5.74, 6) is -0.0868. The van der Waals surface area contributed by atoms with Gasteiger partial charge in [0.2, 0.25) is 5.91 Å². The van der Waals surface area contributed by atoms with E-state index in [1.165, 1.54) is 5.56 Å². The molecule has 3 aromatic rings. The van der Waals surface area contributed by atoms with Crippen LogP contribution in [0.1, 0.15) is 22.3 Å². The van der Waals surface area contributed by atoms with Gasteiger partial charge in [-0.15, -0.1) is 0 Å². The Morgan fingerprint density at radius 2 is 1.91 bits per heavy atom. The van der Waals surface area contributed by atoms with E-state index in [-0.39, 0.29) is 12.3 Å². The Hall–Kier alpha value is -2.26. The minimum absolute atomic E-state index is 0.0868. The number of nitrogens with one attached hydrogen (secondary N) is 1. The second-order valence-corrected chi connectivity index (χ2v) is 6.19. The Bertz CT molecular complexity index is 896. The molecule has 0 bridgehead atoms. The fourth-order valence-electron chi connectivity index (χ4n) is 2.64. The first-order valence-electron chi connectivity index (χ1n) is 7.48. The number of rotatable bonds is 3. The van der Waals surface area contributed by atoms with Crippen molar-refractivity contribution in [1.82, 2.24) is 0 Å². The summed E-state index contributed by atoms with van der Waals surface area (Å²) in [6, 6.07) is 9.54. The molecule has 1 aromatic heterocycles. The van der Waals surface area contributed by atoms with Crippen molar-refractivity contribution in [2.75, 3.05) is 5.32 Å². The molecule has 3 rings (SSSR count). The van der Waals surface area contributed by atoms with Crippen LogP contribution in [0.25, 0.3) is 11.0 Å². The third-order valence-corrected chi connectivity index (χ3v) is 4.64. The quantitative estimate of drug-likeness (QED) is 0.719. The Morgan fingerprint density at radius 1 is 1.13 bits per heavy atom. The molecule has 0 aliphatic rings. The molecule has 0 spiro atoms. The van der Waals surface area contributed by atoms with E-state index >= 15 is 0 Å². The van der Waals surface area contributed by atoms with Gasteiger partial charge < -0.3 is 9.73 Å². The molecule has 2 aromatic carbocycles. The van der Waals surface area contributed by atoms with Crippen molar-refractivity contribution in [3.63, 3.8) is 0 Å². The van der Waals surface area contributed by atoms with Crippen LogP contribution in [0, 0.1) is 20.8 Å². The number of hydrogen-bond acceptors (Lipinski definition) is 2. The molecular weight excluding hydrogens is 310 g/mol. The third-order valence-electron chi connectivity index (χ3n) is 4.23. The van der Waals surface area contributed by atoms with Crippen LogP contribution in [0.15, 0.2) is 41.0 Å². The molecule has 23 heavy (non-hydrogen) atoms. The fraction of sp³-hybridized carbons (Fsp3) is 0.211. The zero-order valence-corrected chi connectivity index (χ0v) is 14.1. The number of amides is 1. The Balaban J connectivity index is 1.83. The van der Waals surface area contributed by atoms with Crippen molar-refractivity contribution in [3.8, 4) is 0 Å². The number of carbonyl (C=O) groups is 1. The number of fused-ring (bicyclic) bond motifs is 1. The van der Waals surface area contributed by atoms with Crippen molar-refractivity contribution < 1.29 is 9.21 Å². The number of benzene rings is 2.